The summed E-state index contributed by atoms with van der Waals surface area (Å²) >= 11 is 0. The van der Waals surface area contributed by atoms with Crippen LogP contribution < -0.4 is 10.4 Å². The van der Waals surface area contributed by atoms with Crippen molar-refractivity contribution in [1.82, 2.24) is 0 Å². The number of benzene rings is 1. The van der Waals surface area contributed by atoms with Crippen molar-refractivity contribution in [2.75, 3.05) is 18.0 Å². The molecular weight excluding hydrogens is 173 g/mol. The summed E-state index contributed by atoms with van der Waals surface area (Å²) in [6.45, 7) is 1.87. The van der Waals surface area contributed by atoms with Crippen LogP contribution in [0.25, 0.3) is 0 Å². The van der Waals surface area contributed by atoms with Crippen LogP contribution in [-0.4, -0.2) is 32.1 Å². The summed E-state index contributed by atoms with van der Waals surface area (Å²) in [5.41, 5.74) is 2.00. The summed E-state index contributed by atoms with van der Waals surface area (Å²) in [6.07, 6.45) is 1.62. The summed E-state index contributed by atoms with van der Waals surface area (Å²) in [5, 5.41) is 9.37. The lowest BCUT2D eigenvalue weighted by Crippen LogP contribution is -2.35. The molecule has 0 aliphatic carbocycles. The first-order valence-corrected chi connectivity index (χ1v) is 5.04. The van der Waals surface area contributed by atoms with Crippen LogP contribution in [0.15, 0.2) is 24.3 Å². The first-order valence-electron chi connectivity index (χ1n) is 5.04. The minimum absolute atomic E-state index is 0.111. The largest absolute Gasteiger partial charge is 0.393 e. The number of piperidine rings is 1. The Morgan fingerprint density at radius 3 is 2.29 bits per heavy atom. The molecule has 1 heterocycles. The van der Waals surface area contributed by atoms with Crippen LogP contribution in [0.4, 0.5) is 5.69 Å². The third-order valence-electron chi connectivity index (χ3n) is 2.72. The Morgan fingerprint density at radius 2 is 1.71 bits per heavy atom. The lowest BCUT2D eigenvalue weighted by molar-refractivity contribution is 0.145. The first kappa shape index (κ1) is 9.59. The van der Waals surface area contributed by atoms with E-state index in [9.17, 15) is 5.11 Å². The fourth-order valence-corrected chi connectivity index (χ4v) is 1.81. The van der Waals surface area contributed by atoms with Crippen molar-refractivity contribution in [2.24, 2.45) is 0 Å². The van der Waals surface area contributed by atoms with Gasteiger partial charge >= 0.3 is 0 Å². The van der Waals surface area contributed by atoms with Crippen molar-refractivity contribution in [2.45, 2.75) is 18.9 Å². The molecule has 2 radical (unpaired) electrons. The lowest BCUT2D eigenvalue weighted by Gasteiger charge is -2.31. The molecule has 3 heteroatoms. The van der Waals surface area contributed by atoms with Crippen molar-refractivity contribution in [3.63, 3.8) is 0 Å². The number of aliphatic hydroxyl groups is 1. The van der Waals surface area contributed by atoms with Crippen LogP contribution in [0.2, 0.25) is 0 Å². The molecule has 2 rings (SSSR count). The molecule has 72 valence electrons. The number of aliphatic hydroxyl groups excluding tert-OH is 1. The standard InChI is InChI=1S/C11H14BNO/c12-9-1-3-10(4-2-9)13-7-5-11(14)6-8-13/h1-4,11,14H,5-8H2. The number of anilines is 1. The molecule has 0 bridgehead atoms. The summed E-state index contributed by atoms with van der Waals surface area (Å²) in [6, 6.07) is 7.90. The zero-order valence-corrected chi connectivity index (χ0v) is 8.19. The average molecular weight is 187 g/mol. The molecule has 0 amide bonds. The number of hydrogen-bond donors (Lipinski definition) is 1. The molecule has 2 nitrogen and oxygen atoms in total. The molecule has 1 N–H and O–H groups in total. The Balaban J connectivity index is 2.05. The Labute approximate surface area is 86.0 Å². The highest BCUT2D eigenvalue weighted by Crippen LogP contribution is 2.18. The van der Waals surface area contributed by atoms with Crippen molar-refractivity contribution in [1.29, 1.82) is 0 Å². The smallest absolute Gasteiger partial charge is 0.113 e. The highest BCUT2D eigenvalue weighted by molar-refractivity contribution is 6.32. The zero-order chi connectivity index (χ0) is 9.97. The van der Waals surface area contributed by atoms with Crippen LogP contribution in [0.5, 0.6) is 0 Å². The van der Waals surface area contributed by atoms with Crippen molar-refractivity contribution >= 4 is 19.0 Å². The fourth-order valence-electron chi connectivity index (χ4n) is 1.81. The van der Waals surface area contributed by atoms with Gasteiger partial charge in [0.05, 0.1) is 6.10 Å². The molecule has 1 fully saturated rings. The van der Waals surface area contributed by atoms with Crippen LogP contribution >= 0.6 is 0 Å². The van der Waals surface area contributed by atoms with Gasteiger partial charge in [-0.15, -0.1) is 0 Å². The maximum absolute atomic E-state index is 9.37. The van der Waals surface area contributed by atoms with Gasteiger partial charge < -0.3 is 10.0 Å². The summed E-state index contributed by atoms with van der Waals surface area (Å²) < 4.78 is 0. The van der Waals surface area contributed by atoms with Crippen LogP contribution in [0.3, 0.4) is 0 Å². The first-order chi connectivity index (χ1) is 6.75. The van der Waals surface area contributed by atoms with E-state index in [2.05, 4.69) is 4.90 Å². The summed E-state index contributed by atoms with van der Waals surface area (Å²) in [5.74, 6) is 0. The topological polar surface area (TPSA) is 23.5 Å². The molecule has 1 aromatic rings. The predicted molar refractivity (Wildman–Crippen MR) is 59.3 cm³/mol. The van der Waals surface area contributed by atoms with E-state index in [-0.39, 0.29) is 6.10 Å². The van der Waals surface area contributed by atoms with Gasteiger partial charge in [0.1, 0.15) is 7.85 Å². The van der Waals surface area contributed by atoms with E-state index in [1.807, 2.05) is 24.3 Å². The molecule has 1 aromatic carbocycles. The predicted octanol–water partition coefficient (Wildman–Crippen LogP) is 0.441. The van der Waals surface area contributed by atoms with Crippen molar-refractivity contribution in [3.8, 4) is 0 Å². The van der Waals surface area contributed by atoms with E-state index in [1.54, 1.807) is 0 Å². The van der Waals surface area contributed by atoms with Gasteiger partial charge in [0.25, 0.3) is 0 Å². The van der Waals surface area contributed by atoms with Gasteiger partial charge in [0.2, 0.25) is 0 Å². The van der Waals surface area contributed by atoms with E-state index < -0.39 is 0 Å². The second kappa shape index (κ2) is 4.05. The van der Waals surface area contributed by atoms with E-state index in [1.165, 1.54) is 5.69 Å². The minimum atomic E-state index is -0.111. The molecule has 1 aliphatic heterocycles. The van der Waals surface area contributed by atoms with Crippen molar-refractivity contribution < 1.29 is 5.11 Å². The molecule has 0 spiro atoms. The van der Waals surface area contributed by atoms with Gasteiger partial charge in [0, 0.05) is 18.8 Å². The molecular formula is C11H14BNO. The van der Waals surface area contributed by atoms with Gasteiger partial charge in [-0.25, -0.2) is 0 Å². The van der Waals surface area contributed by atoms with E-state index in [0.29, 0.717) is 0 Å². The number of nitrogens with zero attached hydrogens (tertiary/aromatic N) is 1. The van der Waals surface area contributed by atoms with Crippen molar-refractivity contribution in [3.05, 3.63) is 24.3 Å². The molecule has 0 aromatic heterocycles. The number of hydrogen-bond acceptors (Lipinski definition) is 2. The monoisotopic (exact) mass is 187 g/mol. The Morgan fingerprint density at radius 1 is 1.14 bits per heavy atom. The summed E-state index contributed by atoms with van der Waals surface area (Å²) in [7, 11) is 5.62. The second-order valence-corrected chi connectivity index (χ2v) is 3.81. The molecule has 1 aliphatic rings. The lowest BCUT2D eigenvalue weighted by atomic mass is 9.96. The highest BCUT2D eigenvalue weighted by atomic mass is 16.3. The Kier molecular flexibility index (Phi) is 2.78. The molecule has 1 saturated heterocycles. The fraction of sp³-hybridized carbons (Fsp3) is 0.455. The van der Waals surface area contributed by atoms with Gasteiger partial charge in [-0.3, -0.25) is 0 Å². The van der Waals surface area contributed by atoms with Crippen LogP contribution in [0, 0.1) is 0 Å². The maximum atomic E-state index is 9.37. The SMILES string of the molecule is [B]c1ccc(N2CCC(O)CC2)cc1. The zero-order valence-electron chi connectivity index (χ0n) is 8.19. The minimum Gasteiger partial charge on any atom is -0.393 e. The van der Waals surface area contributed by atoms with Gasteiger partial charge in [0.15, 0.2) is 0 Å². The Bertz CT molecular complexity index is 291. The van der Waals surface area contributed by atoms with Crippen LogP contribution in [-0.2, 0) is 0 Å². The maximum Gasteiger partial charge on any atom is 0.113 e. The Hall–Kier alpha value is -0.955. The molecule has 14 heavy (non-hydrogen) atoms. The molecule has 0 saturated carbocycles. The number of rotatable bonds is 1. The normalized spacial score (nSPS) is 18.5. The van der Waals surface area contributed by atoms with Gasteiger partial charge in [-0.1, -0.05) is 17.6 Å². The third kappa shape index (κ3) is 2.10. The molecule has 0 atom stereocenters. The summed E-state index contributed by atoms with van der Waals surface area (Å²) in [4.78, 5) is 2.28. The average Bonchev–Trinajstić information content (AvgIpc) is 2.21. The van der Waals surface area contributed by atoms with E-state index in [0.717, 1.165) is 31.4 Å². The van der Waals surface area contributed by atoms with Crippen LogP contribution in [0.1, 0.15) is 12.8 Å². The molecule has 0 unspecified atom stereocenters. The van der Waals surface area contributed by atoms with E-state index >= 15 is 0 Å². The quantitative estimate of drug-likeness (QED) is 0.645. The van der Waals surface area contributed by atoms with Gasteiger partial charge in [-0.05, 0) is 25.0 Å². The van der Waals surface area contributed by atoms with Gasteiger partial charge in [-0.2, -0.15) is 0 Å². The highest BCUT2D eigenvalue weighted by Gasteiger charge is 2.16. The van der Waals surface area contributed by atoms with E-state index in [4.69, 9.17) is 7.85 Å². The second-order valence-electron chi connectivity index (χ2n) is 3.81. The third-order valence-corrected chi connectivity index (χ3v) is 2.72.